The van der Waals surface area contributed by atoms with Crippen molar-refractivity contribution in [1.82, 2.24) is 0 Å². The monoisotopic (exact) mass is 309 g/mol. The Morgan fingerprint density at radius 2 is 2.23 bits per heavy atom. The van der Waals surface area contributed by atoms with Crippen LogP contribution in [0.25, 0.3) is 0 Å². The van der Waals surface area contributed by atoms with E-state index in [0.717, 1.165) is 25.9 Å². The second-order valence-electron chi connectivity index (χ2n) is 5.55. The highest BCUT2D eigenvalue weighted by molar-refractivity contribution is 5.40. The highest BCUT2D eigenvalue weighted by atomic mass is 16.7. The average molecular weight is 309 g/mol. The predicted molar refractivity (Wildman–Crippen MR) is 81.6 cm³/mol. The number of para-hydroxylation sites is 1. The largest absolute Gasteiger partial charge is 0.393 e. The van der Waals surface area contributed by atoms with E-state index in [1.807, 2.05) is 0 Å². The summed E-state index contributed by atoms with van der Waals surface area (Å²) in [6.45, 7) is 1.30. The normalized spacial score (nSPS) is 19.8. The van der Waals surface area contributed by atoms with Crippen LogP contribution in [0.15, 0.2) is 24.3 Å². The van der Waals surface area contributed by atoms with Crippen LogP contribution in [0.2, 0.25) is 0 Å². The van der Waals surface area contributed by atoms with Crippen molar-refractivity contribution in [2.45, 2.75) is 50.9 Å². The zero-order chi connectivity index (χ0) is 15.8. The number of nitro groups is 1. The summed E-state index contributed by atoms with van der Waals surface area (Å²) in [6, 6.07) is 6.53. The lowest BCUT2D eigenvalue weighted by Gasteiger charge is -2.22. The minimum Gasteiger partial charge on any atom is -0.393 e. The van der Waals surface area contributed by atoms with Crippen molar-refractivity contribution in [3.05, 3.63) is 39.9 Å². The lowest BCUT2D eigenvalue weighted by Crippen LogP contribution is -2.23. The van der Waals surface area contributed by atoms with E-state index in [9.17, 15) is 15.2 Å². The Labute approximate surface area is 130 Å². The van der Waals surface area contributed by atoms with E-state index >= 15 is 0 Å². The Morgan fingerprint density at radius 3 is 2.95 bits per heavy atom. The average Bonchev–Trinajstić information content (AvgIpc) is 2.53. The van der Waals surface area contributed by atoms with Gasteiger partial charge in [-0.25, -0.2) is 0 Å². The fourth-order valence-corrected chi connectivity index (χ4v) is 2.59. The van der Waals surface area contributed by atoms with Crippen LogP contribution in [0, 0.1) is 10.1 Å². The molecule has 0 aliphatic carbocycles. The number of rotatable bonds is 8. The maximum absolute atomic E-state index is 10.9. The first-order chi connectivity index (χ1) is 10.7. The van der Waals surface area contributed by atoms with Crippen LogP contribution in [-0.4, -0.2) is 35.6 Å². The van der Waals surface area contributed by atoms with Gasteiger partial charge in [0, 0.05) is 31.3 Å². The molecule has 2 atom stereocenters. The topological polar surface area (TPSA) is 81.8 Å². The molecular weight excluding hydrogens is 286 g/mol. The fraction of sp³-hybridized carbons (Fsp3) is 0.625. The standard InChI is InChI=1S/C16H23NO5/c18-14(7-5-11-22-16-9-3-4-10-21-16)12-13-6-1-2-8-15(13)17(19)20/h1-2,6,8,14,16,18H,3-5,7,9-12H2. The molecular formula is C16H23NO5. The van der Waals surface area contributed by atoms with Gasteiger partial charge in [-0.05, 0) is 32.1 Å². The van der Waals surface area contributed by atoms with Gasteiger partial charge in [0.25, 0.3) is 5.69 Å². The SMILES string of the molecule is O=[N+]([O-])c1ccccc1CC(O)CCCOC1CCCCO1. The predicted octanol–water partition coefficient (Wildman–Crippen LogP) is 2.82. The van der Waals surface area contributed by atoms with Crippen LogP contribution >= 0.6 is 0 Å². The molecule has 1 aromatic rings. The van der Waals surface area contributed by atoms with Gasteiger partial charge in [-0.1, -0.05) is 18.2 Å². The molecule has 6 heteroatoms. The van der Waals surface area contributed by atoms with Gasteiger partial charge < -0.3 is 14.6 Å². The lowest BCUT2D eigenvalue weighted by molar-refractivity contribution is -0.385. The number of nitrogens with zero attached hydrogens (tertiary/aromatic N) is 1. The minimum atomic E-state index is -0.600. The summed E-state index contributed by atoms with van der Waals surface area (Å²) in [5.41, 5.74) is 0.630. The van der Waals surface area contributed by atoms with Gasteiger partial charge in [0.1, 0.15) is 0 Å². The zero-order valence-electron chi connectivity index (χ0n) is 12.6. The Bertz CT molecular complexity index is 473. The molecule has 1 saturated heterocycles. The lowest BCUT2D eigenvalue weighted by atomic mass is 10.0. The number of hydrogen-bond donors (Lipinski definition) is 1. The fourth-order valence-electron chi connectivity index (χ4n) is 2.59. The minimum absolute atomic E-state index is 0.0633. The molecule has 0 aromatic heterocycles. The van der Waals surface area contributed by atoms with Crippen LogP contribution in [0.4, 0.5) is 5.69 Å². The van der Waals surface area contributed by atoms with Gasteiger partial charge >= 0.3 is 0 Å². The second kappa shape index (κ2) is 8.82. The third kappa shape index (κ3) is 5.36. The molecule has 122 valence electrons. The van der Waals surface area contributed by atoms with Crippen molar-refractivity contribution in [1.29, 1.82) is 0 Å². The first kappa shape index (κ1) is 16.9. The Morgan fingerprint density at radius 1 is 1.41 bits per heavy atom. The van der Waals surface area contributed by atoms with Gasteiger partial charge in [0.05, 0.1) is 11.0 Å². The summed E-state index contributed by atoms with van der Waals surface area (Å²) < 4.78 is 11.1. The molecule has 0 radical (unpaired) electrons. The molecule has 1 aliphatic heterocycles. The van der Waals surface area contributed by atoms with Gasteiger partial charge in [0.15, 0.2) is 6.29 Å². The Kier molecular flexibility index (Phi) is 6.76. The molecule has 2 unspecified atom stereocenters. The van der Waals surface area contributed by atoms with Crippen molar-refractivity contribution >= 4 is 5.69 Å². The number of nitro benzene ring substituents is 1. The number of aliphatic hydroxyl groups excluding tert-OH is 1. The van der Waals surface area contributed by atoms with Crippen molar-refractivity contribution in [2.75, 3.05) is 13.2 Å². The summed E-state index contributed by atoms with van der Waals surface area (Å²) in [6.07, 6.45) is 3.99. The maximum Gasteiger partial charge on any atom is 0.272 e. The van der Waals surface area contributed by atoms with E-state index in [-0.39, 0.29) is 18.4 Å². The number of hydrogen-bond acceptors (Lipinski definition) is 5. The van der Waals surface area contributed by atoms with Gasteiger partial charge in [-0.15, -0.1) is 0 Å². The quantitative estimate of drug-likeness (QED) is 0.453. The molecule has 0 amide bonds. The molecule has 6 nitrogen and oxygen atoms in total. The molecule has 2 rings (SSSR count). The molecule has 0 bridgehead atoms. The highest BCUT2D eigenvalue weighted by Gasteiger charge is 2.17. The van der Waals surface area contributed by atoms with E-state index < -0.39 is 11.0 Å². The van der Waals surface area contributed by atoms with E-state index in [2.05, 4.69) is 0 Å². The highest BCUT2D eigenvalue weighted by Crippen LogP contribution is 2.20. The van der Waals surface area contributed by atoms with Crippen LogP contribution in [-0.2, 0) is 15.9 Å². The number of benzene rings is 1. The molecule has 1 aliphatic rings. The van der Waals surface area contributed by atoms with Gasteiger partial charge in [-0.2, -0.15) is 0 Å². The molecule has 1 N–H and O–H groups in total. The Hall–Kier alpha value is -1.50. The van der Waals surface area contributed by atoms with Crippen LogP contribution in [0.1, 0.15) is 37.7 Å². The molecule has 1 fully saturated rings. The summed E-state index contributed by atoms with van der Waals surface area (Å²) in [4.78, 5) is 10.5. The molecule has 0 saturated carbocycles. The summed E-state index contributed by atoms with van der Waals surface area (Å²) in [7, 11) is 0. The van der Waals surface area contributed by atoms with E-state index in [1.54, 1.807) is 18.2 Å². The maximum atomic E-state index is 10.9. The second-order valence-corrected chi connectivity index (χ2v) is 5.55. The third-order valence-electron chi connectivity index (χ3n) is 3.77. The van der Waals surface area contributed by atoms with Crippen molar-refractivity contribution in [3.63, 3.8) is 0 Å². The third-order valence-corrected chi connectivity index (χ3v) is 3.77. The molecule has 1 aromatic carbocycles. The van der Waals surface area contributed by atoms with Crippen LogP contribution in [0.5, 0.6) is 0 Å². The summed E-state index contributed by atoms with van der Waals surface area (Å²) >= 11 is 0. The molecule has 0 spiro atoms. The van der Waals surface area contributed by atoms with E-state index in [1.165, 1.54) is 6.07 Å². The van der Waals surface area contributed by atoms with E-state index in [0.29, 0.717) is 25.0 Å². The van der Waals surface area contributed by atoms with Crippen molar-refractivity contribution in [2.24, 2.45) is 0 Å². The number of aliphatic hydroxyl groups is 1. The van der Waals surface area contributed by atoms with Crippen LogP contribution < -0.4 is 0 Å². The smallest absolute Gasteiger partial charge is 0.272 e. The first-order valence-corrected chi connectivity index (χ1v) is 7.80. The van der Waals surface area contributed by atoms with Gasteiger partial charge in [-0.3, -0.25) is 10.1 Å². The molecule has 1 heterocycles. The van der Waals surface area contributed by atoms with Crippen molar-refractivity contribution < 1.29 is 19.5 Å². The summed E-state index contributed by atoms with van der Waals surface area (Å²) in [5.74, 6) is 0. The number of ether oxygens (including phenoxy) is 2. The zero-order valence-corrected chi connectivity index (χ0v) is 12.6. The van der Waals surface area contributed by atoms with Gasteiger partial charge in [0.2, 0.25) is 0 Å². The van der Waals surface area contributed by atoms with Crippen LogP contribution in [0.3, 0.4) is 0 Å². The molecule has 22 heavy (non-hydrogen) atoms. The first-order valence-electron chi connectivity index (χ1n) is 7.80. The van der Waals surface area contributed by atoms with Crippen molar-refractivity contribution in [3.8, 4) is 0 Å². The van der Waals surface area contributed by atoms with E-state index in [4.69, 9.17) is 9.47 Å². The Balaban J connectivity index is 1.69. The summed E-state index contributed by atoms with van der Waals surface area (Å²) in [5, 5.41) is 21.0.